The monoisotopic (exact) mass is 960 g/mol. The number of hydrogen-bond donors (Lipinski definition) is 3. The van der Waals surface area contributed by atoms with Crippen LogP contribution in [0, 0.1) is 23.7 Å². The molecule has 8 bridgehead atoms. The number of carboxylic acids is 1. The number of anilines is 1. The molecule has 0 atom stereocenters. The van der Waals surface area contributed by atoms with Gasteiger partial charge in [-0.05, 0) is 142 Å². The van der Waals surface area contributed by atoms with E-state index in [0.717, 1.165) is 118 Å². The van der Waals surface area contributed by atoms with Crippen LogP contribution in [0.1, 0.15) is 228 Å². The molecule has 2 aromatic carbocycles. The molecule has 1 saturated carbocycles. The molecule has 3 aromatic heterocycles. The molecule has 374 valence electrons. The molecule has 0 unspecified atom stereocenters. The maximum atomic E-state index is 11.6. The molecule has 2 aliphatic heterocycles. The maximum Gasteiger partial charge on any atom is 0.335 e. The molecule has 3 N–H and O–H groups in total. The van der Waals surface area contributed by atoms with E-state index in [4.69, 9.17) is 9.97 Å². The van der Waals surface area contributed by atoms with Crippen molar-refractivity contribution in [1.82, 2.24) is 19.9 Å². The Morgan fingerprint density at radius 3 is 1.47 bits per heavy atom. The lowest BCUT2D eigenvalue weighted by Gasteiger charge is -2.25. The second-order valence-electron chi connectivity index (χ2n) is 20.2. The van der Waals surface area contributed by atoms with Crippen LogP contribution in [0.25, 0.3) is 46.4 Å². The Labute approximate surface area is 430 Å². The number of unbranched alkanes of at least 4 members (excludes halogenated alkanes) is 13. The van der Waals surface area contributed by atoms with E-state index in [9.17, 15) is 9.90 Å². The van der Waals surface area contributed by atoms with Crippen LogP contribution in [0.15, 0.2) is 72.8 Å². The third kappa shape index (κ3) is 13.9. The fourth-order valence-electron chi connectivity index (χ4n) is 10.6. The molecule has 0 amide bonds. The Kier molecular flexibility index (Phi) is 19.2. The number of aromatic amines is 2. The van der Waals surface area contributed by atoms with Crippen molar-refractivity contribution in [2.75, 3.05) is 18.0 Å². The van der Waals surface area contributed by atoms with Gasteiger partial charge in [0.1, 0.15) is 0 Å². The van der Waals surface area contributed by atoms with Gasteiger partial charge in [-0.15, -0.1) is 0 Å². The second-order valence-corrected chi connectivity index (χ2v) is 20.2. The minimum atomic E-state index is -0.954. The SMILES string of the molecule is CCCCCCCCCCc1c2nc(c(C#Cc3ccc(C(=O)O)cc3)c3ccc([nH]3)c(C3CCCCC3)c3ccc([nH]3)c(C#Cc3ccc(N(CCCCCC)CCCCCC)cc3)c3nc1C=C3)C=C2. The molecule has 0 radical (unpaired) electrons. The van der Waals surface area contributed by atoms with Gasteiger partial charge in [-0.2, -0.15) is 0 Å². The number of H-pyrrole nitrogens is 2. The lowest BCUT2D eigenvalue weighted by Crippen LogP contribution is -2.25. The van der Waals surface area contributed by atoms with Crippen molar-refractivity contribution in [3.63, 3.8) is 0 Å². The molecule has 7 heteroatoms. The number of hydrogen-bond acceptors (Lipinski definition) is 4. The van der Waals surface area contributed by atoms with E-state index in [1.165, 1.54) is 120 Å². The summed E-state index contributed by atoms with van der Waals surface area (Å²) in [6.07, 6.45) is 35.3. The first-order valence-corrected chi connectivity index (χ1v) is 27.8. The summed E-state index contributed by atoms with van der Waals surface area (Å²) >= 11 is 0. The van der Waals surface area contributed by atoms with Crippen LogP contribution >= 0.6 is 0 Å². The molecule has 7 nitrogen and oxygen atoms in total. The first-order valence-electron chi connectivity index (χ1n) is 27.8. The topological polar surface area (TPSA) is 97.9 Å². The normalized spacial score (nSPS) is 13.2. The molecule has 3 aliphatic rings. The van der Waals surface area contributed by atoms with Crippen molar-refractivity contribution in [1.29, 1.82) is 0 Å². The summed E-state index contributed by atoms with van der Waals surface area (Å²) in [7, 11) is 0. The number of carboxylic acid groups (broad SMARTS) is 1. The van der Waals surface area contributed by atoms with Gasteiger partial charge in [0.2, 0.25) is 0 Å². The standard InChI is InChI=1S/C65H77N5O2/c1-4-7-10-13-14-15-16-20-25-53-56-38-40-58(66-56)54(36-30-48-26-32-51(33-27-48)65(71)72)60-42-44-62(68-60)64(50-23-18-17-19-24-50)63-45-43-61(69-63)55(59-41-39-57(53)67-59)37-31-49-28-34-52(35-29-49)70(46-21-11-8-5-2)47-22-12-9-6-3/h26-29,32-35,38-45,50,68-69H,4-25,46-47H2,1-3H3,(H,71,72). The van der Waals surface area contributed by atoms with E-state index in [-0.39, 0.29) is 5.56 Å². The third-order valence-electron chi connectivity index (χ3n) is 14.8. The fraction of sp³-hybridized carbons (Fsp3) is 0.431. The van der Waals surface area contributed by atoms with Gasteiger partial charge < -0.3 is 20.0 Å². The van der Waals surface area contributed by atoms with Gasteiger partial charge >= 0.3 is 5.97 Å². The minimum Gasteiger partial charge on any atom is -0.478 e. The van der Waals surface area contributed by atoms with Gasteiger partial charge in [-0.3, -0.25) is 0 Å². The summed E-state index contributed by atoms with van der Waals surface area (Å²) in [6.45, 7) is 9.03. The van der Waals surface area contributed by atoms with E-state index in [2.05, 4.69) is 132 Å². The summed E-state index contributed by atoms with van der Waals surface area (Å²) in [5, 5.41) is 9.54. The minimum absolute atomic E-state index is 0.237. The number of fused-ring (bicyclic) bond motifs is 8. The van der Waals surface area contributed by atoms with E-state index in [1.807, 2.05) is 0 Å². The van der Waals surface area contributed by atoms with Gasteiger partial charge in [0.15, 0.2) is 0 Å². The fourth-order valence-corrected chi connectivity index (χ4v) is 10.6. The van der Waals surface area contributed by atoms with Crippen molar-refractivity contribution in [2.45, 2.75) is 168 Å². The molecule has 8 rings (SSSR count). The molecule has 0 spiro atoms. The number of benzene rings is 2. The molecule has 72 heavy (non-hydrogen) atoms. The van der Waals surface area contributed by atoms with Gasteiger partial charge in [0, 0.05) is 52.1 Å². The Hall–Kier alpha value is -6.57. The van der Waals surface area contributed by atoms with Crippen molar-refractivity contribution in [2.24, 2.45) is 0 Å². The van der Waals surface area contributed by atoms with Crippen LogP contribution < -0.4 is 4.90 Å². The van der Waals surface area contributed by atoms with Crippen molar-refractivity contribution >= 4 is 58.0 Å². The zero-order valence-corrected chi connectivity index (χ0v) is 43.5. The summed E-state index contributed by atoms with van der Waals surface area (Å²) in [4.78, 5) is 32.8. The Bertz CT molecular complexity index is 2950. The largest absolute Gasteiger partial charge is 0.478 e. The quantitative estimate of drug-likeness (QED) is 0.0464. The molecular weight excluding hydrogens is 883 g/mol. The summed E-state index contributed by atoms with van der Waals surface area (Å²) in [6, 6.07) is 24.5. The lowest BCUT2D eigenvalue weighted by atomic mass is 9.84. The van der Waals surface area contributed by atoms with Gasteiger partial charge in [-0.1, -0.05) is 147 Å². The smallest absolute Gasteiger partial charge is 0.335 e. The average molecular weight is 960 g/mol. The average Bonchev–Trinajstić information content (AvgIpc) is 4.27. The van der Waals surface area contributed by atoms with E-state index in [0.29, 0.717) is 5.92 Å². The van der Waals surface area contributed by atoms with Crippen molar-refractivity contribution in [3.05, 3.63) is 135 Å². The van der Waals surface area contributed by atoms with Gasteiger partial charge in [0.05, 0.1) is 50.5 Å². The number of rotatable bonds is 22. The number of nitrogens with zero attached hydrogens (tertiary/aromatic N) is 3. The summed E-state index contributed by atoms with van der Waals surface area (Å²) in [5.41, 5.74) is 14.9. The highest BCUT2D eigenvalue weighted by atomic mass is 16.4. The predicted molar refractivity (Wildman–Crippen MR) is 303 cm³/mol. The Balaban J connectivity index is 1.26. The second kappa shape index (κ2) is 26.8. The zero-order chi connectivity index (χ0) is 49.9. The van der Waals surface area contributed by atoms with Crippen LogP contribution in [0.4, 0.5) is 5.69 Å². The zero-order valence-electron chi connectivity index (χ0n) is 43.5. The highest BCUT2D eigenvalue weighted by molar-refractivity contribution is 5.88. The molecule has 5 heterocycles. The van der Waals surface area contributed by atoms with Gasteiger partial charge in [-0.25, -0.2) is 14.8 Å². The molecule has 1 fully saturated rings. The van der Waals surface area contributed by atoms with Crippen LogP contribution in [0.5, 0.6) is 0 Å². The van der Waals surface area contributed by atoms with Crippen LogP contribution in [0.2, 0.25) is 0 Å². The first kappa shape index (κ1) is 51.8. The van der Waals surface area contributed by atoms with Crippen molar-refractivity contribution in [3.8, 4) is 23.7 Å². The number of aromatic carboxylic acids is 1. The van der Waals surface area contributed by atoms with E-state index >= 15 is 0 Å². The third-order valence-corrected chi connectivity index (χ3v) is 14.8. The summed E-state index contributed by atoms with van der Waals surface area (Å²) < 4.78 is 0. The van der Waals surface area contributed by atoms with E-state index in [1.54, 1.807) is 24.3 Å². The van der Waals surface area contributed by atoms with Crippen LogP contribution in [-0.2, 0) is 6.42 Å². The van der Waals surface area contributed by atoms with Crippen LogP contribution in [-0.4, -0.2) is 44.1 Å². The lowest BCUT2D eigenvalue weighted by molar-refractivity contribution is 0.0697. The Morgan fingerprint density at radius 1 is 0.528 bits per heavy atom. The van der Waals surface area contributed by atoms with E-state index < -0.39 is 5.97 Å². The van der Waals surface area contributed by atoms with Crippen LogP contribution in [0.3, 0.4) is 0 Å². The highest BCUT2D eigenvalue weighted by Crippen LogP contribution is 2.37. The number of aromatic nitrogens is 4. The molecule has 5 aromatic rings. The Morgan fingerprint density at radius 2 is 0.972 bits per heavy atom. The summed E-state index contributed by atoms with van der Waals surface area (Å²) in [5.74, 6) is 13.6. The number of carbonyl (C=O) groups is 1. The van der Waals surface area contributed by atoms with Gasteiger partial charge in [0.25, 0.3) is 0 Å². The molecule has 0 saturated heterocycles. The molecular formula is C65H77N5O2. The predicted octanol–water partition coefficient (Wildman–Crippen LogP) is 16.9. The van der Waals surface area contributed by atoms with Crippen molar-refractivity contribution < 1.29 is 9.90 Å². The maximum absolute atomic E-state index is 11.6. The highest BCUT2D eigenvalue weighted by Gasteiger charge is 2.21. The number of nitrogens with one attached hydrogen (secondary N) is 2. The first-order chi connectivity index (χ1) is 35.4. The molecule has 1 aliphatic carbocycles.